The number of nitrogens with two attached hydrogens (primary N) is 1. The molecule has 1 unspecified atom stereocenters. The van der Waals surface area contributed by atoms with Crippen LogP contribution in [-0.4, -0.2) is 15.9 Å². The first kappa shape index (κ1) is 16.2. The number of unbranched alkanes of at least 4 members (excludes halogenated alkanes) is 1. The van der Waals surface area contributed by atoms with Gasteiger partial charge in [-0.15, -0.1) is 0 Å². The van der Waals surface area contributed by atoms with E-state index in [9.17, 15) is 10.1 Å². The summed E-state index contributed by atoms with van der Waals surface area (Å²) in [6.07, 6.45) is 5.13. The largest absolute Gasteiger partial charge is 0.362 e. The second-order valence-electron chi connectivity index (χ2n) is 4.74. The fourth-order valence-electron chi connectivity index (χ4n) is 2.07. The maximum absolute atomic E-state index is 11.0. The summed E-state index contributed by atoms with van der Waals surface area (Å²) in [6, 6.07) is 3.09. The van der Waals surface area contributed by atoms with Crippen molar-refractivity contribution < 1.29 is 4.92 Å². The SMILES string of the molecule is CCCCC(CCC)Nc1nc(NN)ccc1[N+](=O)[O-]. The molecule has 4 N–H and O–H groups in total. The van der Waals surface area contributed by atoms with E-state index in [-0.39, 0.29) is 17.5 Å². The van der Waals surface area contributed by atoms with Gasteiger partial charge in [-0.1, -0.05) is 33.1 Å². The topological polar surface area (TPSA) is 106 Å². The van der Waals surface area contributed by atoms with Gasteiger partial charge in [-0.3, -0.25) is 10.1 Å². The fourth-order valence-corrected chi connectivity index (χ4v) is 2.07. The molecule has 0 aliphatic carbocycles. The molecule has 0 bridgehead atoms. The summed E-state index contributed by atoms with van der Waals surface area (Å²) in [5.74, 6) is 5.99. The highest BCUT2D eigenvalue weighted by Gasteiger charge is 2.18. The molecule has 112 valence electrons. The molecule has 7 heteroatoms. The Morgan fingerprint density at radius 2 is 2.10 bits per heavy atom. The molecule has 0 radical (unpaired) electrons. The minimum absolute atomic E-state index is 0.0263. The summed E-state index contributed by atoms with van der Waals surface area (Å²) in [4.78, 5) is 14.8. The van der Waals surface area contributed by atoms with Crippen LogP contribution in [-0.2, 0) is 0 Å². The first-order chi connectivity index (χ1) is 9.62. The smallest absolute Gasteiger partial charge is 0.311 e. The maximum Gasteiger partial charge on any atom is 0.311 e. The molecular weight excluding hydrogens is 258 g/mol. The molecule has 0 saturated carbocycles. The number of anilines is 2. The van der Waals surface area contributed by atoms with Gasteiger partial charge in [0.15, 0.2) is 0 Å². The molecule has 1 rings (SSSR count). The van der Waals surface area contributed by atoms with Crippen LogP contribution in [0.5, 0.6) is 0 Å². The van der Waals surface area contributed by atoms with Gasteiger partial charge >= 0.3 is 5.69 Å². The first-order valence-corrected chi connectivity index (χ1v) is 7.00. The Labute approximate surface area is 119 Å². The van der Waals surface area contributed by atoms with E-state index in [2.05, 4.69) is 29.6 Å². The number of aromatic nitrogens is 1. The van der Waals surface area contributed by atoms with Crippen LogP contribution in [0.15, 0.2) is 12.1 Å². The number of nitro groups is 1. The number of rotatable bonds is 9. The van der Waals surface area contributed by atoms with Gasteiger partial charge in [0.05, 0.1) is 4.92 Å². The summed E-state index contributed by atoms with van der Waals surface area (Å²) in [6.45, 7) is 4.23. The van der Waals surface area contributed by atoms with Crippen LogP contribution in [0.3, 0.4) is 0 Å². The maximum atomic E-state index is 11.0. The van der Waals surface area contributed by atoms with E-state index in [1.54, 1.807) is 0 Å². The van der Waals surface area contributed by atoms with Gasteiger partial charge in [0.25, 0.3) is 0 Å². The number of nitrogens with zero attached hydrogens (tertiary/aromatic N) is 2. The van der Waals surface area contributed by atoms with Gasteiger partial charge in [0.2, 0.25) is 5.82 Å². The Morgan fingerprint density at radius 3 is 2.65 bits per heavy atom. The average Bonchev–Trinajstić information content (AvgIpc) is 2.44. The van der Waals surface area contributed by atoms with Crippen molar-refractivity contribution >= 4 is 17.3 Å². The Hall–Kier alpha value is -1.89. The molecule has 1 heterocycles. The highest BCUT2D eigenvalue weighted by atomic mass is 16.6. The van der Waals surface area contributed by atoms with E-state index in [1.165, 1.54) is 12.1 Å². The van der Waals surface area contributed by atoms with Crippen molar-refractivity contribution in [1.82, 2.24) is 4.98 Å². The van der Waals surface area contributed by atoms with Gasteiger partial charge in [0.1, 0.15) is 5.82 Å². The fraction of sp³-hybridized carbons (Fsp3) is 0.615. The third kappa shape index (κ3) is 4.65. The Balaban J connectivity index is 2.93. The molecule has 7 nitrogen and oxygen atoms in total. The van der Waals surface area contributed by atoms with Crippen LogP contribution in [0, 0.1) is 10.1 Å². The predicted octanol–water partition coefficient (Wildman–Crippen LogP) is 3.05. The van der Waals surface area contributed by atoms with Crippen LogP contribution >= 0.6 is 0 Å². The number of pyridine rings is 1. The van der Waals surface area contributed by atoms with Crippen molar-refractivity contribution in [3.63, 3.8) is 0 Å². The minimum atomic E-state index is -0.432. The van der Waals surface area contributed by atoms with Crippen LogP contribution < -0.4 is 16.6 Å². The molecule has 0 amide bonds. The zero-order valence-electron chi connectivity index (χ0n) is 12.1. The molecule has 0 aliphatic rings. The summed E-state index contributed by atoms with van der Waals surface area (Å²) in [7, 11) is 0. The molecule has 1 atom stereocenters. The zero-order chi connectivity index (χ0) is 15.0. The molecule has 0 fully saturated rings. The van der Waals surface area contributed by atoms with Crippen LogP contribution in [0.25, 0.3) is 0 Å². The van der Waals surface area contributed by atoms with Crippen molar-refractivity contribution in [1.29, 1.82) is 0 Å². The van der Waals surface area contributed by atoms with Crippen molar-refractivity contribution in [3.05, 3.63) is 22.2 Å². The second-order valence-corrected chi connectivity index (χ2v) is 4.74. The second kappa shape index (κ2) is 8.31. The summed E-state index contributed by atoms with van der Waals surface area (Å²) in [5.41, 5.74) is 2.38. The highest BCUT2D eigenvalue weighted by Crippen LogP contribution is 2.26. The minimum Gasteiger partial charge on any atom is -0.362 e. The number of hydrazine groups is 1. The van der Waals surface area contributed by atoms with Crippen molar-refractivity contribution in [2.45, 2.75) is 52.0 Å². The van der Waals surface area contributed by atoms with Gasteiger partial charge in [-0.25, -0.2) is 10.8 Å². The summed E-state index contributed by atoms with van der Waals surface area (Å²) < 4.78 is 0. The molecule has 20 heavy (non-hydrogen) atoms. The predicted molar refractivity (Wildman–Crippen MR) is 80.5 cm³/mol. The van der Waals surface area contributed by atoms with E-state index in [0.717, 1.165) is 32.1 Å². The summed E-state index contributed by atoms with van der Waals surface area (Å²) in [5, 5.41) is 14.2. The number of nitrogens with one attached hydrogen (secondary N) is 2. The molecule has 0 aliphatic heterocycles. The standard InChI is InChI=1S/C13H23N5O2/c1-3-5-7-10(6-4-2)15-13-11(18(19)20)8-9-12(16-13)17-14/h8-10H,3-7,14H2,1-2H3,(H2,15,16,17). The molecule has 0 aromatic carbocycles. The molecule has 1 aromatic rings. The number of hydrogen-bond acceptors (Lipinski definition) is 6. The lowest BCUT2D eigenvalue weighted by Gasteiger charge is -2.18. The lowest BCUT2D eigenvalue weighted by Crippen LogP contribution is -2.21. The number of nitrogen functional groups attached to an aromatic ring is 1. The highest BCUT2D eigenvalue weighted by molar-refractivity contribution is 5.60. The van der Waals surface area contributed by atoms with E-state index in [4.69, 9.17) is 5.84 Å². The van der Waals surface area contributed by atoms with E-state index in [1.807, 2.05) is 0 Å². The summed E-state index contributed by atoms with van der Waals surface area (Å²) >= 11 is 0. The molecular formula is C13H23N5O2. The van der Waals surface area contributed by atoms with Crippen LogP contribution in [0.4, 0.5) is 17.3 Å². The van der Waals surface area contributed by atoms with E-state index in [0.29, 0.717) is 5.82 Å². The quantitative estimate of drug-likeness (QED) is 0.365. The lowest BCUT2D eigenvalue weighted by atomic mass is 10.1. The van der Waals surface area contributed by atoms with Crippen molar-refractivity contribution in [2.75, 3.05) is 10.7 Å². The lowest BCUT2D eigenvalue weighted by molar-refractivity contribution is -0.384. The first-order valence-electron chi connectivity index (χ1n) is 7.00. The Kier molecular flexibility index (Phi) is 6.72. The van der Waals surface area contributed by atoms with Crippen LogP contribution in [0.2, 0.25) is 0 Å². The monoisotopic (exact) mass is 281 g/mol. The molecule has 0 saturated heterocycles. The average molecular weight is 281 g/mol. The number of hydrogen-bond donors (Lipinski definition) is 3. The van der Waals surface area contributed by atoms with Gasteiger partial charge in [0, 0.05) is 12.1 Å². The molecule has 1 aromatic heterocycles. The van der Waals surface area contributed by atoms with Gasteiger partial charge < -0.3 is 10.7 Å². The molecule has 0 spiro atoms. The van der Waals surface area contributed by atoms with Gasteiger partial charge in [-0.2, -0.15) is 0 Å². The Bertz CT molecular complexity index is 439. The van der Waals surface area contributed by atoms with Gasteiger partial charge in [-0.05, 0) is 18.9 Å². The zero-order valence-corrected chi connectivity index (χ0v) is 12.1. The van der Waals surface area contributed by atoms with E-state index < -0.39 is 4.92 Å². The normalized spacial score (nSPS) is 11.9. The van der Waals surface area contributed by atoms with E-state index >= 15 is 0 Å². The third-order valence-electron chi connectivity index (χ3n) is 3.10. The Morgan fingerprint density at radius 1 is 1.35 bits per heavy atom. The van der Waals surface area contributed by atoms with Crippen molar-refractivity contribution in [2.24, 2.45) is 5.84 Å². The van der Waals surface area contributed by atoms with Crippen molar-refractivity contribution in [3.8, 4) is 0 Å². The third-order valence-corrected chi connectivity index (χ3v) is 3.10. The van der Waals surface area contributed by atoms with Crippen LogP contribution in [0.1, 0.15) is 46.0 Å².